The molecular formula is C22H32N4O6. The minimum atomic E-state index is -0.501. The monoisotopic (exact) mass is 448 g/mol. The summed E-state index contributed by atoms with van der Waals surface area (Å²) in [5.41, 5.74) is 0.908. The normalized spacial score (nSPS) is 20.7. The molecule has 10 nitrogen and oxygen atoms in total. The van der Waals surface area contributed by atoms with E-state index in [9.17, 15) is 14.4 Å². The van der Waals surface area contributed by atoms with Gasteiger partial charge in [-0.25, -0.2) is 4.79 Å². The van der Waals surface area contributed by atoms with Crippen LogP contribution in [0, 0.1) is 0 Å². The number of ether oxygens (including phenoxy) is 3. The fourth-order valence-electron chi connectivity index (χ4n) is 4.19. The second-order valence-electron chi connectivity index (χ2n) is 7.82. The van der Waals surface area contributed by atoms with Gasteiger partial charge < -0.3 is 29.7 Å². The van der Waals surface area contributed by atoms with E-state index in [-0.39, 0.29) is 30.9 Å². The lowest BCUT2D eigenvalue weighted by atomic mass is 9.93. The number of hydrogen-bond acceptors (Lipinski definition) is 7. The lowest BCUT2D eigenvalue weighted by Crippen LogP contribution is -2.70. The van der Waals surface area contributed by atoms with Crippen LogP contribution >= 0.6 is 0 Å². The van der Waals surface area contributed by atoms with E-state index in [1.807, 2.05) is 12.1 Å². The predicted octanol–water partition coefficient (Wildman–Crippen LogP) is 0.394. The maximum Gasteiger partial charge on any atom is 0.327 e. The van der Waals surface area contributed by atoms with Crippen molar-refractivity contribution >= 4 is 17.8 Å². The van der Waals surface area contributed by atoms with Crippen LogP contribution in [-0.4, -0.2) is 93.8 Å². The van der Waals surface area contributed by atoms with Crippen LogP contribution < -0.4 is 20.1 Å². The molecule has 10 heteroatoms. The van der Waals surface area contributed by atoms with Gasteiger partial charge in [0.2, 0.25) is 11.8 Å². The predicted molar refractivity (Wildman–Crippen MR) is 117 cm³/mol. The Morgan fingerprint density at radius 1 is 1.19 bits per heavy atom. The van der Waals surface area contributed by atoms with Gasteiger partial charge >= 0.3 is 6.03 Å². The van der Waals surface area contributed by atoms with Crippen molar-refractivity contribution in [3.05, 3.63) is 23.8 Å². The molecule has 2 atom stereocenters. The van der Waals surface area contributed by atoms with Crippen molar-refractivity contribution in [1.82, 2.24) is 20.4 Å². The number of urea groups is 1. The number of carbonyl (C=O) groups excluding carboxylic acids is 3. The number of fused-ring (bicyclic) bond motifs is 1. The number of rotatable bonds is 10. The molecule has 2 saturated heterocycles. The number of benzene rings is 1. The highest BCUT2D eigenvalue weighted by Crippen LogP contribution is 2.29. The topological polar surface area (TPSA) is 109 Å². The van der Waals surface area contributed by atoms with E-state index in [0.717, 1.165) is 12.0 Å². The molecule has 0 saturated carbocycles. The van der Waals surface area contributed by atoms with Crippen molar-refractivity contribution in [2.75, 3.05) is 54.1 Å². The summed E-state index contributed by atoms with van der Waals surface area (Å²) in [6.07, 6.45) is 1.99. The van der Waals surface area contributed by atoms with Crippen molar-refractivity contribution in [2.24, 2.45) is 0 Å². The molecule has 176 valence electrons. The molecule has 2 unspecified atom stereocenters. The summed E-state index contributed by atoms with van der Waals surface area (Å²) in [5.74, 6) is 0.691. The van der Waals surface area contributed by atoms with Gasteiger partial charge in [0.1, 0.15) is 12.6 Å². The molecule has 32 heavy (non-hydrogen) atoms. The van der Waals surface area contributed by atoms with Crippen LogP contribution in [0.3, 0.4) is 0 Å². The summed E-state index contributed by atoms with van der Waals surface area (Å²) in [5, 5.41) is 5.98. The Balaban J connectivity index is 1.72. The highest BCUT2D eigenvalue weighted by Gasteiger charge is 2.47. The third kappa shape index (κ3) is 5.31. The number of piperidine rings is 1. The van der Waals surface area contributed by atoms with Crippen LogP contribution in [0.4, 0.5) is 4.79 Å². The molecule has 1 aromatic rings. The first-order valence-corrected chi connectivity index (χ1v) is 10.8. The largest absolute Gasteiger partial charge is 0.493 e. The van der Waals surface area contributed by atoms with Gasteiger partial charge in [-0.15, -0.1) is 0 Å². The molecule has 0 radical (unpaired) electrons. The molecule has 2 fully saturated rings. The molecule has 0 bridgehead atoms. The molecule has 4 amide bonds. The van der Waals surface area contributed by atoms with Gasteiger partial charge in [0.05, 0.1) is 26.9 Å². The fraction of sp³-hybridized carbons (Fsp3) is 0.591. The summed E-state index contributed by atoms with van der Waals surface area (Å²) >= 11 is 0. The molecular weight excluding hydrogens is 416 g/mol. The van der Waals surface area contributed by atoms with Gasteiger partial charge in [-0.2, -0.15) is 0 Å². The summed E-state index contributed by atoms with van der Waals surface area (Å²) in [6, 6.07) is 4.25. The van der Waals surface area contributed by atoms with Crippen molar-refractivity contribution in [3.8, 4) is 11.5 Å². The van der Waals surface area contributed by atoms with Crippen LogP contribution in [0.2, 0.25) is 0 Å². The van der Waals surface area contributed by atoms with Gasteiger partial charge in [0.25, 0.3) is 0 Å². The molecule has 2 aliphatic heterocycles. The quantitative estimate of drug-likeness (QED) is 0.499. The zero-order valence-corrected chi connectivity index (χ0v) is 18.9. The Kier molecular flexibility index (Phi) is 8.29. The average molecular weight is 449 g/mol. The highest BCUT2D eigenvalue weighted by atomic mass is 16.5. The molecule has 2 heterocycles. The second-order valence-corrected chi connectivity index (χ2v) is 7.82. The van der Waals surface area contributed by atoms with Gasteiger partial charge in [0, 0.05) is 20.2 Å². The maximum atomic E-state index is 13.3. The second kappa shape index (κ2) is 11.1. The number of hydrogen-bond donors (Lipinski definition) is 2. The van der Waals surface area contributed by atoms with Crippen molar-refractivity contribution in [2.45, 2.75) is 31.3 Å². The first kappa shape index (κ1) is 23.8. The first-order chi connectivity index (χ1) is 15.5. The third-order valence-corrected chi connectivity index (χ3v) is 5.85. The van der Waals surface area contributed by atoms with Crippen molar-refractivity contribution in [1.29, 1.82) is 0 Å². The van der Waals surface area contributed by atoms with Gasteiger partial charge in [-0.3, -0.25) is 14.5 Å². The molecule has 1 aromatic carbocycles. The van der Waals surface area contributed by atoms with E-state index in [2.05, 4.69) is 10.6 Å². The summed E-state index contributed by atoms with van der Waals surface area (Å²) in [6.45, 7) is 1.58. The van der Waals surface area contributed by atoms with E-state index in [0.29, 0.717) is 44.0 Å². The summed E-state index contributed by atoms with van der Waals surface area (Å²) in [7, 11) is 4.68. The zero-order valence-electron chi connectivity index (χ0n) is 18.9. The number of amides is 4. The molecule has 0 spiro atoms. The summed E-state index contributed by atoms with van der Waals surface area (Å²) < 4.78 is 15.5. The lowest BCUT2D eigenvalue weighted by molar-refractivity contribution is -0.138. The van der Waals surface area contributed by atoms with Crippen LogP contribution in [0.5, 0.6) is 11.5 Å². The Morgan fingerprint density at radius 3 is 2.69 bits per heavy atom. The van der Waals surface area contributed by atoms with Gasteiger partial charge in [-0.05, 0) is 43.5 Å². The Hall–Kier alpha value is -2.85. The number of nitrogens with zero attached hydrogens (tertiary/aromatic N) is 2. The minimum absolute atomic E-state index is 0.0917. The third-order valence-electron chi connectivity index (χ3n) is 5.85. The molecule has 0 aromatic heterocycles. The average Bonchev–Trinajstić information content (AvgIpc) is 2.81. The Bertz CT molecular complexity index is 833. The fourth-order valence-corrected chi connectivity index (χ4v) is 4.19. The highest BCUT2D eigenvalue weighted by molar-refractivity contribution is 6.01. The number of methoxy groups -OCH3 is 3. The van der Waals surface area contributed by atoms with E-state index in [1.165, 1.54) is 9.80 Å². The van der Waals surface area contributed by atoms with Crippen molar-refractivity contribution in [3.63, 3.8) is 0 Å². The Labute approximate surface area is 188 Å². The first-order valence-electron chi connectivity index (χ1n) is 10.8. The smallest absolute Gasteiger partial charge is 0.327 e. The molecule has 2 aliphatic rings. The Morgan fingerprint density at radius 2 is 1.97 bits per heavy atom. The van der Waals surface area contributed by atoms with Crippen LogP contribution in [0.1, 0.15) is 18.4 Å². The minimum Gasteiger partial charge on any atom is -0.493 e. The van der Waals surface area contributed by atoms with E-state index < -0.39 is 12.1 Å². The van der Waals surface area contributed by atoms with E-state index in [4.69, 9.17) is 14.2 Å². The zero-order chi connectivity index (χ0) is 23.1. The SMILES string of the molecule is COCCNC(=O)CN1C(=O)N(CCc2ccc(OC)c(OC)c2)C(=O)C2NCCCC21. The van der Waals surface area contributed by atoms with E-state index in [1.54, 1.807) is 27.4 Å². The van der Waals surface area contributed by atoms with Crippen molar-refractivity contribution < 1.29 is 28.6 Å². The molecule has 0 aliphatic carbocycles. The van der Waals surface area contributed by atoms with Crippen LogP contribution in [0.25, 0.3) is 0 Å². The van der Waals surface area contributed by atoms with E-state index >= 15 is 0 Å². The molecule has 3 rings (SSSR count). The maximum absolute atomic E-state index is 13.3. The summed E-state index contributed by atoms with van der Waals surface area (Å²) in [4.78, 5) is 41.5. The number of carbonyl (C=O) groups is 3. The van der Waals surface area contributed by atoms with Crippen LogP contribution in [0.15, 0.2) is 18.2 Å². The van der Waals surface area contributed by atoms with Crippen LogP contribution in [-0.2, 0) is 20.7 Å². The standard InChI is InChI=1S/C22H32N4O6/c1-30-12-10-23-19(27)14-26-16-5-4-9-24-20(16)21(28)25(22(26)29)11-8-15-6-7-17(31-2)18(13-15)32-3/h6-7,13,16,20,24H,4-5,8-12,14H2,1-3H3,(H,23,27). The number of nitrogens with one attached hydrogen (secondary N) is 2. The number of imide groups is 1. The molecule has 2 N–H and O–H groups in total. The van der Waals surface area contributed by atoms with Gasteiger partial charge in [0.15, 0.2) is 11.5 Å². The lowest BCUT2D eigenvalue weighted by Gasteiger charge is -2.46. The van der Waals surface area contributed by atoms with Gasteiger partial charge in [-0.1, -0.05) is 6.07 Å².